The first kappa shape index (κ1) is 21.7. The largest absolute Gasteiger partial charge is 0.497 e. The molecule has 0 radical (unpaired) electrons. The quantitative estimate of drug-likeness (QED) is 0.510. The minimum Gasteiger partial charge on any atom is -0.497 e. The second-order valence-corrected chi connectivity index (χ2v) is 11.6. The van der Waals surface area contributed by atoms with Crippen LogP contribution in [0.2, 0.25) is 0 Å². The zero-order valence-corrected chi connectivity index (χ0v) is 20.3. The predicted octanol–water partition coefficient (Wildman–Crippen LogP) is 3.73. The van der Waals surface area contributed by atoms with Crippen molar-refractivity contribution >= 4 is 11.7 Å². The van der Waals surface area contributed by atoms with E-state index in [1.54, 1.807) is 7.11 Å². The summed E-state index contributed by atoms with van der Waals surface area (Å²) < 4.78 is 17.4. The van der Waals surface area contributed by atoms with Crippen LogP contribution in [0.5, 0.6) is 5.75 Å². The fourth-order valence-corrected chi connectivity index (χ4v) is 7.80. The van der Waals surface area contributed by atoms with E-state index in [0.29, 0.717) is 17.9 Å². The number of fused-ring (bicyclic) bond motifs is 3. The van der Waals surface area contributed by atoms with Crippen LogP contribution in [0.1, 0.15) is 46.0 Å². The number of anilines is 1. The molecule has 0 aromatic heterocycles. The normalized spacial score (nSPS) is 42.6. The van der Waals surface area contributed by atoms with Crippen molar-refractivity contribution in [1.29, 1.82) is 0 Å². The van der Waals surface area contributed by atoms with E-state index in [-0.39, 0.29) is 29.0 Å². The molecule has 3 heterocycles. The van der Waals surface area contributed by atoms with E-state index >= 15 is 0 Å². The molecule has 0 N–H and O–H groups in total. The molecule has 3 aliphatic heterocycles. The van der Waals surface area contributed by atoms with Gasteiger partial charge in [-0.1, -0.05) is 6.92 Å². The van der Waals surface area contributed by atoms with Crippen LogP contribution in [0.4, 0.5) is 5.69 Å². The molecular weight excluding hydrogens is 416 g/mol. The molecule has 0 amide bonds. The first-order valence-electron chi connectivity index (χ1n) is 12.9. The molecule has 6 nitrogen and oxygen atoms in total. The number of methoxy groups -OCH3 is 1. The summed E-state index contributed by atoms with van der Waals surface area (Å²) >= 11 is 0. The Morgan fingerprint density at radius 2 is 1.97 bits per heavy atom. The number of carbonyl (C=O) groups is 1. The first-order chi connectivity index (χ1) is 15.9. The lowest BCUT2D eigenvalue weighted by Crippen LogP contribution is -2.54. The van der Waals surface area contributed by atoms with Gasteiger partial charge in [0.15, 0.2) is 0 Å². The zero-order chi connectivity index (χ0) is 22.8. The van der Waals surface area contributed by atoms with Gasteiger partial charge in [0, 0.05) is 43.8 Å². The topological polar surface area (TPSA) is 54.5 Å². The average molecular weight is 455 g/mol. The van der Waals surface area contributed by atoms with Crippen LogP contribution in [0.15, 0.2) is 24.3 Å². The Morgan fingerprint density at radius 1 is 1.18 bits per heavy atom. The van der Waals surface area contributed by atoms with Crippen LogP contribution in [-0.4, -0.2) is 68.5 Å². The minimum absolute atomic E-state index is 0.0111. The highest BCUT2D eigenvalue weighted by Gasteiger charge is 2.65. The molecular formula is C27H38N2O4. The predicted molar refractivity (Wildman–Crippen MR) is 126 cm³/mol. The zero-order valence-electron chi connectivity index (χ0n) is 20.3. The Kier molecular flexibility index (Phi) is 5.18. The van der Waals surface area contributed by atoms with E-state index in [9.17, 15) is 4.79 Å². The Balaban J connectivity index is 1.12. The van der Waals surface area contributed by atoms with Crippen LogP contribution < -0.4 is 9.64 Å². The van der Waals surface area contributed by atoms with Crippen LogP contribution in [0.25, 0.3) is 0 Å². The van der Waals surface area contributed by atoms with Crippen molar-refractivity contribution in [2.75, 3.05) is 44.8 Å². The molecule has 180 valence electrons. The number of benzene rings is 1. The van der Waals surface area contributed by atoms with Crippen LogP contribution >= 0.6 is 0 Å². The van der Waals surface area contributed by atoms with Crippen LogP contribution in [0.3, 0.4) is 0 Å². The second-order valence-electron chi connectivity index (χ2n) is 11.6. The number of piperazine rings is 1. The van der Waals surface area contributed by atoms with Crippen molar-refractivity contribution in [3.05, 3.63) is 24.3 Å². The lowest BCUT2D eigenvalue weighted by atomic mass is 9.53. The van der Waals surface area contributed by atoms with Crippen molar-refractivity contribution in [3.63, 3.8) is 0 Å². The third-order valence-corrected chi connectivity index (χ3v) is 9.65. The molecule has 0 unspecified atom stereocenters. The molecule has 2 aliphatic carbocycles. The molecule has 1 aromatic carbocycles. The van der Waals surface area contributed by atoms with Gasteiger partial charge in [0.1, 0.15) is 11.9 Å². The molecule has 6 rings (SSSR count). The maximum absolute atomic E-state index is 13.0. The number of nitrogens with zero attached hydrogens (tertiary/aromatic N) is 2. The van der Waals surface area contributed by atoms with Gasteiger partial charge >= 0.3 is 5.97 Å². The highest BCUT2D eigenvalue weighted by Crippen LogP contribution is 2.62. The van der Waals surface area contributed by atoms with Gasteiger partial charge in [0.05, 0.1) is 25.2 Å². The van der Waals surface area contributed by atoms with Crippen molar-refractivity contribution in [2.24, 2.45) is 23.2 Å². The Bertz CT molecular complexity index is 900. The molecule has 1 spiro atoms. The van der Waals surface area contributed by atoms with Crippen molar-refractivity contribution < 1.29 is 19.0 Å². The number of epoxide rings is 1. The van der Waals surface area contributed by atoms with Gasteiger partial charge in [-0.05, 0) is 74.6 Å². The molecule has 5 aliphatic rings. The van der Waals surface area contributed by atoms with Crippen molar-refractivity contribution in [1.82, 2.24) is 4.90 Å². The highest BCUT2D eigenvalue weighted by molar-refractivity contribution is 5.75. The van der Waals surface area contributed by atoms with E-state index in [1.807, 2.05) is 12.1 Å². The maximum Gasteiger partial charge on any atom is 0.310 e. The lowest BCUT2D eigenvalue weighted by Gasteiger charge is -2.51. The summed E-state index contributed by atoms with van der Waals surface area (Å²) in [5, 5.41) is 0. The van der Waals surface area contributed by atoms with E-state index in [2.05, 4.69) is 35.8 Å². The van der Waals surface area contributed by atoms with Crippen molar-refractivity contribution in [2.45, 2.75) is 63.7 Å². The molecule has 5 fully saturated rings. The molecule has 2 saturated carbocycles. The highest BCUT2D eigenvalue weighted by atomic mass is 16.6. The van der Waals surface area contributed by atoms with Gasteiger partial charge in [-0.25, -0.2) is 0 Å². The summed E-state index contributed by atoms with van der Waals surface area (Å²) in [7, 11) is 1.70. The van der Waals surface area contributed by atoms with E-state index in [4.69, 9.17) is 14.2 Å². The monoisotopic (exact) mass is 454 g/mol. The minimum atomic E-state index is 0.0111. The van der Waals surface area contributed by atoms with Gasteiger partial charge in [-0.2, -0.15) is 0 Å². The number of ether oxygens (including phenoxy) is 3. The second kappa shape index (κ2) is 7.88. The van der Waals surface area contributed by atoms with E-state index in [0.717, 1.165) is 51.4 Å². The Morgan fingerprint density at radius 3 is 2.67 bits per heavy atom. The van der Waals surface area contributed by atoms with Gasteiger partial charge in [0.25, 0.3) is 0 Å². The fourth-order valence-electron chi connectivity index (χ4n) is 7.80. The van der Waals surface area contributed by atoms with E-state index in [1.165, 1.54) is 24.9 Å². The van der Waals surface area contributed by atoms with Gasteiger partial charge in [0.2, 0.25) is 0 Å². The molecule has 0 bridgehead atoms. The summed E-state index contributed by atoms with van der Waals surface area (Å²) in [6.45, 7) is 9.40. The van der Waals surface area contributed by atoms with Crippen LogP contribution in [-0.2, 0) is 14.3 Å². The summed E-state index contributed by atoms with van der Waals surface area (Å²) in [5.74, 6) is 1.88. The molecule has 33 heavy (non-hydrogen) atoms. The van der Waals surface area contributed by atoms with Gasteiger partial charge in [-0.15, -0.1) is 0 Å². The number of hydrogen-bond donors (Lipinski definition) is 0. The smallest absolute Gasteiger partial charge is 0.310 e. The summed E-state index contributed by atoms with van der Waals surface area (Å²) in [4.78, 5) is 18.0. The SMILES string of the molecule is COc1ccc(N2CCN(C[C@@H]3C(=O)O[C@@H]4C[C@@]5(C)CCC[C@]6(CO6)[C@H]5C[C@@H]34)C[C@@H]2C)cc1. The maximum atomic E-state index is 13.0. The van der Waals surface area contributed by atoms with Gasteiger partial charge in [-0.3, -0.25) is 9.69 Å². The summed E-state index contributed by atoms with van der Waals surface area (Å²) in [6.07, 6.45) is 5.93. The van der Waals surface area contributed by atoms with Gasteiger partial charge < -0.3 is 19.1 Å². The Hall–Kier alpha value is -1.79. The lowest BCUT2D eigenvalue weighted by molar-refractivity contribution is -0.147. The molecule has 1 aromatic rings. The summed E-state index contributed by atoms with van der Waals surface area (Å²) in [6, 6.07) is 8.74. The van der Waals surface area contributed by atoms with Crippen LogP contribution in [0, 0.1) is 23.2 Å². The first-order valence-corrected chi connectivity index (χ1v) is 12.9. The summed E-state index contributed by atoms with van der Waals surface area (Å²) in [5.41, 5.74) is 1.62. The number of carbonyl (C=O) groups excluding carboxylic acids is 1. The average Bonchev–Trinajstić information content (AvgIpc) is 3.51. The fraction of sp³-hybridized carbons (Fsp3) is 0.741. The molecule has 6 heteroatoms. The third kappa shape index (κ3) is 3.65. The third-order valence-electron chi connectivity index (χ3n) is 9.65. The number of esters is 1. The van der Waals surface area contributed by atoms with E-state index < -0.39 is 0 Å². The molecule has 7 atom stereocenters. The number of hydrogen-bond acceptors (Lipinski definition) is 6. The van der Waals surface area contributed by atoms with Crippen molar-refractivity contribution in [3.8, 4) is 5.75 Å². The number of rotatable bonds is 4. The molecule has 3 saturated heterocycles. The standard InChI is InChI=1S/C27H38N2O4/c1-18-15-28(11-12-29(18)19-5-7-20(31-3)8-6-19)16-22-21-13-24-26(2,14-23(21)33-25(22)30)9-4-10-27(24)17-32-27/h5-8,18,21-24H,4,9-17H2,1-3H3/t18-,21-,22-,23+,24-,26+,27-/m0/s1. The Labute approximate surface area is 197 Å².